The molecule has 0 radical (unpaired) electrons. The topological polar surface area (TPSA) is 267 Å². The zero-order chi connectivity index (χ0) is 46.6. The van der Waals surface area contributed by atoms with Crippen molar-refractivity contribution >= 4 is 0 Å². The number of aliphatic hydroxyl groups is 10. The maximum absolute atomic E-state index is 11.4. The summed E-state index contributed by atoms with van der Waals surface area (Å²) in [6.45, 7) is 16.8. The average Bonchev–Trinajstić information content (AvgIpc) is 3.56. The zero-order valence-electron chi connectivity index (χ0n) is 38.8. The summed E-state index contributed by atoms with van der Waals surface area (Å²) < 4.78 is 44.1. The summed E-state index contributed by atoms with van der Waals surface area (Å²) in [4.78, 5) is 0. The van der Waals surface area contributed by atoms with Crippen molar-refractivity contribution in [2.75, 3.05) is 19.8 Å². The van der Waals surface area contributed by atoms with Crippen LogP contribution < -0.4 is 0 Å². The van der Waals surface area contributed by atoms with Crippen LogP contribution in [-0.4, -0.2) is 181 Å². The molecule has 0 amide bonds. The van der Waals surface area contributed by atoms with Crippen molar-refractivity contribution in [3.8, 4) is 0 Å². The van der Waals surface area contributed by atoms with E-state index in [1.807, 2.05) is 13.8 Å². The first-order chi connectivity index (χ1) is 29.9. The van der Waals surface area contributed by atoms with E-state index in [1.165, 1.54) is 0 Å². The highest BCUT2D eigenvalue weighted by Gasteiger charge is 2.73. The second-order valence-corrected chi connectivity index (χ2v) is 22.8. The van der Waals surface area contributed by atoms with Crippen molar-refractivity contribution in [1.29, 1.82) is 0 Å². The smallest absolute Gasteiger partial charge is 0.187 e. The molecule has 4 aliphatic heterocycles. The van der Waals surface area contributed by atoms with Crippen LogP contribution in [0.3, 0.4) is 0 Å². The molecule has 0 spiro atoms. The molecule has 64 heavy (non-hydrogen) atoms. The Morgan fingerprint density at radius 3 is 1.95 bits per heavy atom. The van der Waals surface area contributed by atoms with E-state index >= 15 is 0 Å². The van der Waals surface area contributed by atoms with Crippen LogP contribution in [-0.2, 0) is 33.2 Å². The van der Waals surface area contributed by atoms with Gasteiger partial charge in [0.25, 0.3) is 0 Å². The van der Waals surface area contributed by atoms with Crippen molar-refractivity contribution in [2.45, 2.75) is 217 Å². The average molecular weight is 915 g/mol. The third kappa shape index (κ3) is 7.99. The maximum Gasteiger partial charge on any atom is 0.187 e. The van der Waals surface area contributed by atoms with E-state index in [1.54, 1.807) is 0 Å². The van der Waals surface area contributed by atoms with E-state index in [4.69, 9.17) is 33.2 Å². The number of hydrogen-bond donors (Lipinski definition) is 10. The Hall–Kier alpha value is -0.940. The Bertz CT molecular complexity index is 1680. The lowest BCUT2D eigenvalue weighted by Gasteiger charge is -2.71. The van der Waals surface area contributed by atoms with Crippen molar-refractivity contribution in [3.05, 3.63) is 11.6 Å². The molecule has 0 aromatic carbocycles. The first-order valence-electron chi connectivity index (χ1n) is 23.8. The van der Waals surface area contributed by atoms with Gasteiger partial charge < -0.3 is 84.2 Å². The van der Waals surface area contributed by atoms with E-state index < -0.39 is 98.2 Å². The van der Waals surface area contributed by atoms with Crippen LogP contribution in [0.5, 0.6) is 0 Å². The van der Waals surface area contributed by atoms with Crippen molar-refractivity contribution in [1.82, 2.24) is 0 Å². The molecule has 0 unspecified atom stereocenters. The number of allylic oxidation sites excluding steroid dienone is 1. The Morgan fingerprint density at radius 2 is 1.28 bits per heavy atom. The van der Waals surface area contributed by atoms with Crippen LogP contribution in [0.25, 0.3) is 0 Å². The van der Waals surface area contributed by atoms with E-state index in [2.05, 4.69) is 47.6 Å². The predicted molar refractivity (Wildman–Crippen MR) is 226 cm³/mol. The molecule has 0 aromatic rings. The van der Waals surface area contributed by atoms with Crippen molar-refractivity contribution < 1.29 is 84.2 Å². The van der Waals surface area contributed by atoms with E-state index in [0.717, 1.165) is 44.1 Å². The van der Waals surface area contributed by atoms with Gasteiger partial charge in [-0.3, -0.25) is 0 Å². The van der Waals surface area contributed by atoms with Gasteiger partial charge in [0.05, 0.1) is 43.7 Å². The maximum atomic E-state index is 11.4. The summed E-state index contributed by atoms with van der Waals surface area (Å²) in [5.41, 5.74) is -0.560. The monoisotopic (exact) mass is 915 g/mol. The van der Waals surface area contributed by atoms with Crippen LogP contribution in [0.4, 0.5) is 0 Å². The van der Waals surface area contributed by atoms with E-state index in [9.17, 15) is 51.1 Å². The molecule has 8 aliphatic rings. The Balaban J connectivity index is 1.04. The molecular weight excluding hydrogens is 836 g/mol. The highest BCUT2D eigenvalue weighted by atomic mass is 16.7. The minimum absolute atomic E-state index is 0.0197. The van der Waals surface area contributed by atoms with Crippen molar-refractivity contribution in [3.63, 3.8) is 0 Å². The van der Waals surface area contributed by atoms with Gasteiger partial charge in [-0.05, 0) is 111 Å². The number of rotatable bonds is 9. The quantitative estimate of drug-likeness (QED) is 0.112. The number of hydrogen-bond acceptors (Lipinski definition) is 17. The Labute approximate surface area is 377 Å². The third-order valence-corrected chi connectivity index (χ3v) is 18.6. The van der Waals surface area contributed by atoms with Crippen LogP contribution in [0, 0.1) is 45.3 Å². The van der Waals surface area contributed by atoms with Gasteiger partial charge in [-0.25, -0.2) is 0 Å². The normalized spacial score (nSPS) is 56.0. The zero-order valence-corrected chi connectivity index (χ0v) is 38.8. The van der Waals surface area contributed by atoms with Gasteiger partial charge in [-0.15, -0.1) is 0 Å². The SMILES string of the molecule is CC(C)=C[C@H]1C[C@](C)(O[C@@H]2O[C@H](CO[C@@H]3OC[C@@H](O)[C@H](O)[C@H]3O)[C@@H](O)[C@H](O)[C@H]2O)[C@H]2CC[C@]3(C)[C@@H]2[C@@H](C[C@@H]2[C@@]4(C)CC[C@H](O[C@@H]5O[C@H](CO)[C@@H](O)[C@H](O)[C@H]5O)C(C)(C)[C@@H]4CC[C@]23C)O1. The van der Waals surface area contributed by atoms with Crippen LogP contribution >= 0.6 is 0 Å². The van der Waals surface area contributed by atoms with Gasteiger partial charge in [0, 0.05) is 6.42 Å². The summed E-state index contributed by atoms with van der Waals surface area (Å²) in [6, 6.07) is 0. The molecule has 17 heteroatoms. The fraction of sp³-hybridized carbons (Fsp3) is 0.957. The fourth-order valence-corrected chi connectivity index (χ4v) is 15.1. The first kappa shape index (κ1) is 49.5. The van der Waals surface area contributed by atoms with Crippen molar-refractivity contribution in [2.24, 2.45) is 45.3 Å². The van der Waals surface area contributed by atoms with Gasteiger partial charge in [0.1, 0.15) is 67.1 Å². The largest absolute Gasteiger partial charge is 0.394 e. The van der Waals surface area contributed by atoms with E-state index in [-0.39, 0.29) is 76.9 Å². The van der Waals surface area contributed by atoms with Crippen LogP contribution in [0.2, 0.25) is 0 Å². The van der Waals surface area contributed by atoms with Gasteiger partial charge >= 0.3 is 0 Å². The Kier molecular flexibility index (Phi) is 13.8. The van der Waals surface area contributed by atoms with Crippen LogP contribution in [0.1, 0.15) is 107 Å². The van der Waals surface area contributed by atoms with E-state index in [0.29, 0.717) is 12.8 Å². The van der Waals surface area contributed by atoms with Gasteiger partial charge in [-0.1, -0.05) is 46.3 Å². The Morgan fingerprint density at radius 1 is 0.656 bits per heavy atom. The molecule has 8 fully saturated rings. The lowest BCUT2D eigenvalue weighted by atomic mass is 9.35. The molecule has 4 saturated heterocycles. The standard InChI is InChI=1S/C47H78O17/c1-21(2)15-22-17-47(8,64-42-39(57)36(54)34(52)27(62-42)20-59-40-37(55)32(50)24(49)19-58-40)23-9-13-46(7)31(23)25(60-22)16-29-44(5)12-11-30(43(3,4)28(44)10-14-45(29,46)6)63-41-38(56)35(53)33(51)26(18-48)61-41/h15,22-42,48-57H,9-14,16-20H2,1-8H3/t22-,23-,24+,25+,26+,27+,28-,29+,30-,31-,32-,33+,34+,35-,36-,37+,38+,39+,40-,41-,42-,44-,45+,46+,47-/m0/s1. The number of aliphatic hydroxyl groups excluding tert-OH is 10. The molecule has 4 saturated carbocycles. The van der Waals surface area contributed by atoms with Gasteiger partial charge in [0.2, 0.25) is 0 Å². The van der Waals surface area contributed by atoms with Gasteiger partial charge in [0.15, 0.2) is 18.9 Å². The van der Waals surface area contributed by atoms with Crippen LogP contribution in [0.15, 0.2) is 11.6 Å². The lowest BCUT2D eigenvalue weighted by Crippen LogP contribution is -2.67. The first-order valence-corrected chi connectivity index (χ1v) is 23.8. The second kappa shape index (κ2) is 17.8. The summed E-state index contributed by atoms with van der Waals surface area (Å²) in [7, 11) is 0. The lowest BCUT2D eigenvalue weighted by molar-refractivity contribution is -0.344. The summed E-state index contributed by atoms with van der Waals surface area (Å²) in [5, 5.41) is 106. The molecule has 0 bridgehead atoms. The molecule has 10 N–H and O–H groups in total. The number of ether oxygens (including phenoxy) is 7. The molecule has 17 nitrogen and oxygen atoms in total. The molecule has 4 aliphatic carbocycles. The number of fused-ring (bicyclic) bond motifs is 4. The molecule has 25 atom stereocenters. The highest BCUT2D eigenvalue weighted by molar-refractivity contribution is 5.22. The molecule has 368 valence electrons. The molecular formula is C47H78O17. The third-order valence-electron chi connectivity index (χ3n) is 18.6. The summed E-state index contributed by atoms with van der Waals surface area (Å²) in [5.74, 6) is 0.579. The summed E-state index contributed by atoms with van der Waals surface area (Å²) >= 11 is 0. The predicted octanol–water partition coefficient (Wildman–Crippen LogP) is 0.629. The minimum Gasteiger partial charge on any atom is -0.394 e. The molecule has 4 heterocycles. The summed E-state index contributed by atoms with van der Waals surface area (Å²) in [6.07, 6.45) is -11.9. The second-order valence-electron chi connectivity index (χ2n) is 22.8. The molecule has 8 rings (SSSR count). The molecule has 0 aromatic heterocycles. The fourth-order valence-electron chi connectivity index (χ4n) is 15.1. The highest BCUT2D eigenvalue weighted by Crippen LogP contribution is 2.77. The minimum atomic E-state index is -1.65. The van der Waals surface area contributed by atoms with Gasteiger partial charge in [-0.2, -0.15) is 0 Å².